The highest BCUT2D eigenvalue weighted by Gasteiger charge is 2.16. The first-order valence-electron chi connectivity index (χ1n) is 8.19. The zero-order valence-corrected chi connectivity index (χ0v) is 15.6. The van der Waals surface area contributed by atoms with Gasteiger partial charge in [-0.05, 0) is 31.9 Å². The summed E-state index contributed by atoms with van der Waals surface area (Å²) in [4.78, 5) is 12.4. The van der Waals surface area contributed by atoms with Crippen molar-refractivity contribution in [1.82, 2.24) is 9.78 Å². The van der Waals surface area contributed by atoms with Crippen LogP contribution in [0.25, 0.3) is 0 Å². The lowest BCUT2D eigenvalue weighted by Crippen LogP contribution is -2.20. The van der Waals surface area contributed by atoms with Crippen LogP contribution in [0.4, 0.5) is 16.2 Å². The topological polar surface area (TPSA) is 77.4 Å². The van der Waals surface area contributed by atoms with E-state index in [0.717, 1.165) is 23.6 Å². The molecule has 7 nitrogen and oxygen atoms in total. The van der Waals surface area contributed by atoms with E-state index >= 15 is 0 Å². The Hall–Kier alpha value is -2.70. The molecule has 0 fully saturated rings. The summed E-state index contributed by atoms with van der Waals surface area (Å²) < 4.78 is 12.4. The third-order valence-corrected chi connectivity index (χ3v) is 3.81. The van der Waals surface area contributed by atoms with Gasteiger partial charge >= 0.3 is 6.03 Å². The third-order valence-electron chi connectivity index (χ3n) is 3.81. The van der Waals surface area contributed by atoms with Gasteiger partial charge in [0, 0.05) is 12.6 Å². The molecular formula is C18H26N4O3. The molecule has 0 unspecified atom stereocenters. The van der Waals surface area contributed by atoms with Gasteiger partial charge in [0.2, 0.25) is 0 Å². The Morgan fingerprint density at radius 2 is 1.92 bits per heavy atom. The number of anilines is 2. The van der Waals surface area contributed by atoms with Crippen LogP contribution in [0, 0.1) is 19.8 Å². The van der Waals surface area contributed by atoms with Crippen molar-refractivity contribution in [2.45, 2.75) is 34.2 Å². The molecule has 2 rings (SSSR count). The van der Waals surface area contributed by atoms with Gasteiger partial charge in [0.15, 0.2) is 0 Å². The molecule has 0 spiro atoms. The van der Waals surface area contributed by atoms with Crippen molar-refractivity contribution in [3.8, 4) is 11.5 Å². The minimum Gasteiger partial charge on any atom is -0.497 e. The Morgan fingerprint density at radius 1 is 1.20 bits per heavy atom. The van der Waals surface area contributed by atoms with Gasteiger partial charge in [-0.3, -0.25) is 4.68 Å². The number of carbonyl (C=O) groups is 1. The zero-order chi connectivity index (χ0) is 18.6. The van der Waals surface area contributed by atoms with Crippen LogP contribution in [0.2, 0.25) is 0 Å². The molecule has 136 valence electrons. The average molecular weight is 346 g/mol. The molecule has 0 aliphatic rings. The van der Waals surface area contributed by atoms with E-state index in [4.69, 9.17) is 9.47 Å². The largest absolute Gasteiger partial charge is 0.497 e. The van der Waals surface area contributed by atoms with Crippen LogP contribution in [0.5, 0.6) is 11.5 Å². The predicted molar refractivity (Wildman–Crippen MR) is 98.7 cm³/mol. The van der Waals surface area contributed by atoms with E-state index in [0.29, 0.717) is 23.1 Å². The fraction of sp³-hybridized carbons (Fsp3) is 0.444. The number of nitrogens with zero attached hydrogens (tertiary/aromatic N) is 2. The lowest BCUT2D eigenvalue weighted by atomic mass is 10.2. The van der Waals surface area contributed by atoms with Crippen LogP contribution in [0.1, 0.15) is 25.2 Å². The summed E-state index contributed by atoms with van der Waals surface area (Å²) in [6, 6.07) is 4.86. The molecule has 0 atom stereocenters. The lowest BCUT2D eigenvalue weighted by molar-refractivity contribution is 0.262. The number of hydrogen-bond donors (Lipinski definition) is 2. The molecule has 1 aromatic heterocycles. The van der Waals surface area contributed by atoms with Crippen molar-refractivity contribution in [2.75, 3.05) is 24.9 Å². The van der Waals surface area contributed by atoms with E-state index < -0.39 is 0 Å². The van der Waals surface area contributed by atoms with Crippen molar-refractivity contribution >= 4 is 17.4 Å². The number of carbonyl (C=O) groups excluding carboxylic acids is 1. The minimum absolute atomic E-state index is 0.359. The molecule has 0 aliphatic heterocycles. The van der Waals surface area contributed by atoms with E-state index in [1.54, 1.807) is 32.4 Å². The van der Waals surface area contributed by atoms with Gasteiger partial charge in [-0.25, -0.2) is 4.79 Å². The number of amides is 2. The molecule has 0 saturated heterocycles. The van der Waals surface area contributed by atoms with Gasteiger partial charge in [0.05, 0.1) is 37.0 Å². The Labute approximate surface area is 148 Å². The number of rotatable bonds is 6. The molecule has 1 aromatic carbocycles. The number of hydrogen-bond acceptors (Lipinski definition) is 4. The lowest BCUT2D eigenvalue weighted by Gasteiger charge is -2.13. The highest BCUT2D eigenvalue weighted by molar-refractivity contribution is 6.01. The number of aromatic nitrogens is 2. The molecular weight excluding hydrogens is 320 g/mol. The maximum atomic E-state index is 12.4. The van der Waals surface area contributed by atoms with Crippen molar-refractivity contribution in [2.24, 2.45) is 5.92 Å². The maximum Gasteiger partial charge on any atom is 0.323 e. The molecule has 0 aliphatic carbocycles. The maximum absolute atomic E-state index is 12.4. The molecule has 25 heavy (non-hydrogen) atoms. The molecule has 0 radical (unpaired) electrons. The van der Waals surface area contributed by atoms with Gasteiger partial charge in [0.1, 0.15) is 11.5 Å². The van der Waals surface area contributed by atoms with Crippen LogP contribution in [0.3, 0.4) is 0 Å². The normalized spacial score (nSPS) is 10.7. The third kappa shape index (κ3) is 4.43. The first-order valence-corrected chi connectivity index (χ1v) is 8.19. The van der Waals surface area contributed by atoms with Gasteiger partial charge in [-0.1, -0.05) is 13.8 Å². The zero-order valence-electron chi connectivity index (χ0n) is 15.6. The number of aryl methyl sites for hydroxylation is 1. The standard InChI is InChI=1S/C18H26N4O3/c1-11(2)10-22-13(4)17(12(3)21-22)20-18(23)19-15-9-14(24-5)7-8-16(15)25-6/h7-9,11H,10H2,1-6H3,(H2,19,20,23). The Kier molecular flexibility index (Phi) is 5.90. The van der Waals surface area contributed by atoms with Crippen LogP contribution < -0.4 is 20.1 Å². The fourth-order valence-electron chi connectivity index (χ4n) is 2.58. The second-order valence-electron chi connectivity index (χ2n) is 6.27. The number of urea groups is 1. The van der Waals surface area contributed by atoms with Gasteiger partial charge in [-0.15, -0.1) is 0 Å². The van der Waals surface area contributed by atoms with Crippen molar-refractivity contribution in [3.05, 3.63) is 29.6 Å². The van der Waals surface area contributed by atoms with Gasteiger partial charge in [0.25, 0.3) is 0 Å². The first kappa shape index (κ1) is 18.6. The SMILES string of the molecule is COc1ccc(OC)c(NC(=O)Nc2c(C)nn(CC(C)C)c2C)c1. The molecule has 0 saturated carbocycles. The van der Waals surface area contributed by atoms with Gasteiger partial charge < -0.3 is 20.1 Å². The average Bonchev–Trinajstić information content (AvgIpc) is 2.81. The quantitative estimate of drug-likeness (QED) is 0.833. The van der Waals surface area contributed by atoms with E-state index in [1.165, 1.54) is 0 Å². The fourth-order valence-corrected chi connectivity index (χ4v) is 2.58. The van der Waals surface area contributed by atoms with Crippen molar-refractivity contribution in [3.63, 3.8) is 0 Å². The molecule has 0 bridgehead atoms. The smallest absolute Gasteiger partial charge is 0.323 e. The monoisotopic (exact) mass is 346 g/mol. The highest BCUT2D eigenvalue weighted by atomic mass is 16.5. The molecule has 1 heterocycles. The molecule has 2 amide bonds. The number of nitrogens with one attached hydrogen (secondary N) is 2. The van der Waals surface area contributed by atoms with Gasteiger partial charge in [-0.2, -0.15) is 5.10 Å². The summed E-state index contributed by atoms with van der Waals surface area (Å²) in [6.45, 7) is 8.89. The Bertz CT molecular complexity index is 753. The van der Waals surface area contributed by atoms with Crippen LogP contribution in [-0.2, 0) is 6.54 Å². The van der Waals surface area contributed by atoms with E-state index in [1.807, 2.05) is 18.5 Å². The predicted octanol–water partition coefficient (Wildman–Crippen LogP) is 3.82. The summed E-state index contributed by atoms with van der Waals surface area (Å²) in [6.07, 6.45) is 0. The van der Waals surface area contributed by atoms with E-state index in [-0.39, 0.29) is 6.03 Å². The Morgan fingerprint density at radius 3 is 2.52 bits per heavy atom. The summed E-state index contributed by atoms with van der Waals surface area (Å²) in [5, 5.41) is 10.2. The summed E-state index contributed by atoms with van der Waals surface area (Å²) in [5.74, 6) is 1.66. The summed E-state index contributed by atoms with van der Waals surface area (Å²) in [5.41, 5.74) is 2.97. The van der Waals surface area contributed by atoms with Crippen molar-refractivity contribution in [1.29, 1.82) is 0 Å². The van der Waals surface area contributed by atoms with Crippen LogP contribution >= 0.6 is 0 Å². The number of ether oxygens (including phenoxy) is 2. The Balaban J connectivity index is 2.17. The van der Waals surface area contributed by atoms with E-state index in [2.05, 4.69) is 29.6 Å². The van der Waals surface area contributed by atoms with Crippen LogP contribution in [-0.4, -0.2) is 30.0 Å². The summed E-state index contributed by atoms with van der Waals surface area (Å²) in [7, 11) is 3.12. The van der Waals surface area contributed by atoms with Crippen molar-refractivity contribution < 1.29 is 14.3 Å². The minimum atomic E-state index is -0.359. The molecule has 2 aromatic rings. The first-order chi connectivity index (χ1) is 11.8. The molecule has 2 N–H and O–H groups in total. The summed E-state index contributed by atoms with van der Waals surface area (Å²) >= 11 is 0. The highest BCUT2D eigenvalue weighted by Crippen LogP contribution is 2.29. The number of benzene rings is 1. The molecule has 7 heteroatoms. The van der Waals surface area contributed by atoms with E-state index in [9.17, 15) is 4.79 Å². The second-order valence-corrected chi connectivity index (χ2v) is 6.27. The second kappa shape index (κ2) is 7.92. The van der Waals surface area contributed by atoms with Crippen LogP contribution in [0.15, 0.2) is 18.2 Å². The number of methoxy groups -OCH3 is 2.